The number of morpholine rings is 1. The van der Waals surface area contributed by atoms with Crippen LogP contribution in [-0.4, -0.2) is 43.1 Å². The average Bonchev–Trinajstić information content (AvgIpc) is 3.06. The maximum absolute atomic E-state index is 13.5. The van der Waals surface area contributed by atoms with E-state index in [1.54, 1.807) is 12.1 Å². The molecule has 26 heavy (non-hydrogen) atoms. The lowest BCUT2D eigenvalue weighted by molar-refractivity contribution is -0.158. The largest absolute Gasteiger partial charge is 0.367 e. The summed E-state index contributed by atoms with van der Waals surface area (Å²) < 4.78 is 19.3. The average molecular weight is 383 g/mol. The lowest BCUT2D eigenvalue weighted by Crippen LogP contribution is -2.54. The molecule has 1 aromatic rings. The highest BCUT2D eigenvalue weighted by Crippen LogP contribution is 2.45. The molecule has 1 aliphatic carbocycles. The van der Waals surface area contributed by atoms with Gasteiger partial charge in [0.1, 0.15) is 11.9 Å². The number of fused-ring (bicyclic) bond motifs is 1. The third-order valence-electron chi connectivity index (χ3n) is 6.25. The first-order valence-corrected chi connectivity index (χ1v) is 9.49. The highest BCUT2D eigenvalue weighted by molar-refractivity contribution is 5.85. The molecule has 1 aromatic carbocycles. The van der Waals surface area contributed by atoms with E-state index in [9.17, 15) is 9.18 Å². The lowest BCUT2D eigenvalue weighted by Gasteiger charge is -2.44. The van der Waals surface area contributed by atoms with Crippen LogP contribution < -0.4 is 5.32 Å². The molecule has 0 radical (unpaired) electrons. The zero-order chi connectivity index (χ0) is 17.4. The topological polar surface area (TPSA) is 41.6 Å². The number of nitrogens with one attached hydrogen (secondary N) is 1. The Bertz CT molecular complexity index is 641. The fourth-order valence-electron chi connectivity index (χ4n) is 4.96. The maximum Gasteiger partial charge on any atom is 0.230 e. The highest BCUT2D eigenvalue weighted by Gasteiger charge is 2.52. The van der Waals surface area contributed by atoms with E-state index in [4.69, 9.17) is 4.74 Å². The van der Waals surface area contributed by atoms with Crippen LogP contribution in [0.4, 0.5) is 4.39 Å². The molecule has 1 N–H and O–H groups in total. The van der Waals surface area contributed by atoms with Gasteiger partial charge in [-0.05, 0) is 49.9 Å². The quantitative estimate of drug-likeness (QED) is 0.853. The molecule has 2 saturated heterocycles. The number of hydrogen-bond donors (Lipinski definition) is 1. The van der Waals surface area contributed by atoms with E-state index in [0.29, 0.717) is 24.9 Å². The predicted octanol–water partition coefficient (Wildman–Crippen LogP) is 3.32. The SMILES string of the molecule is CC1CN(C(=O)[C@@]23CCCC[C@H]2CNC3)CC(c2ccc(F)cc2)O1.Cl. The van der Waals surface area contributed by atoms with Crippen LogP contribution in [0.15, 0.2) is 24.3 Å². The summed E-state index contributed by atoms with van der Waals surface area (Å²) in [6.45, 7) is 4.99. The molecular weight excluding hydrogens is 355 g/mol. The van der Waals surface area contributed by atoms with Gasteiger partial charge >= 0.3 is 0 Å². The standard InChI is InChI=1S/C20H27FN2O2.ClH/c1-14-11-23(12-18(25-14)15-5-7-17(21)8-6-15)19(24)20-9-3-2-4-16(20)10-22-13-20;/h5-8,14,16,18,22H,2-4,9-13H2,1H3;1H/t14?,16-,18?,20+;/m0./s1. The van der Waals surface area contributed by atoms with Crippen molar-refractivity contribution >= 4 is 18.3 Å². The first kappa shape index (κ1) is 19.6. The van der Waals surface area contributed by atoms with Crippen molar-refractivity contribution in [3.8, 4) is 0 Å². The van der Waals surface area contributed by atoms with Crippen molar-refractivity contribution in [2.24, 2.45) is 11.3 Å². The number of rotatable bonds is 2. The molecule has 4 rings (SSSR count). The first-order chi connectivity index (χ1) is 12.1. The van der Waals surface area contributed by atoms with Crippen LogP contribution in [0.25, 0.3) is 0 Å². The van der Waals surface area contributed by atoms with Crippen LogP contribution in [0.1, 0.15) is 44.3 Å². The van der Waals surface area contributed by atoms with Crippen LogP contribution >= 0.6 is 12.4 Å². The molecule has 1 saturated carbocycles. The van der Waals surface area contributed by atoms with Crippen molar-refractivity contribution in [2.45, 2.75) is 44.8 Å². The lowest BCUT2D eigenvalue weighted by atomic mass is 9.67. The van der Waals surface area contributed by atoms with E-state index < -0.39 is 0 Å². The maximum atomic E-state index is 13.5. The summed E-state index contributed by atoms with van der Waals surface area (Å²) in [7, 11) is 0. The van der Waals surface area contributed by atoms with Crippen LogP contribution in [0.3, 0.4) is 0 Å². The van der Waals surface area contributed by atoms with Gasteiger partial charge in [0.2, 0.25) is 5.91 Å². The van der Waals surface area contributed by atoms with Crippen molar-refractivity contribution in [2.75, 3.05) is 26.2 Å². The summed E-state index contributed by atoms with van der Waals surface area (Å²) in [6.07, 6.45) is 4.34. The van der Waals surface area contributed by atoms with Crippen molar-refractivity contribution in [1.29, 1.82) is 0 Å². The van der Waals surface area contributed by atoms with Crippen molar-refractivity contribution < 1.29 is 13.9 Å². The van der Waals surface area contributed by atoms with Gasteiger partial charge in [0, 0.05) is 13.1 Å². The zero-order valence-corrected chi connectivity index (χ0v) is 16.1. The molecule has 0 bridgehead atoms. The molecule has 0 spiro atoms. The Kier molecular flexibility index (Phi) is 5.90. The molecule has 2 unspecified atom stereocenters. The first-order valence-electron chi connectivity index (χ1n) is 9.49. The summed E-state index contributed by atoms with van der Waals surface area (Å²) >= 11 is 0. The van der Waals surface area contributed by atoms with Crippen LogP contribution in [0, 0.1) is 17.2 Å². The van der Waals surface area contributed by atoms with Gasteiger partial charge in [-0.1, -0.05) is 25.0 Å². The van der Waals surface area contributed by atoms with E-state index in [-0.39, 0.29) is 35.8 Å². The van der Waals surface area contributed by atoms with E-state index in [1.807, 2.05) is 11.8 Å². The monoisotopic (exact) mass is 382 g/mol. The minimum absolute atomic E-state index is 0. The van der Waals surface area contributed by atoms with E-state index in [2.05, 4.69) is 5.32 Å². The highest BCUT2D eigenvalue weighted by atomic mass is 35.5. The van der Waals surface area contributed by atoms with E-state index in [1.165, 1.54) is 18.6 Å². The van der Waals surface area contributed by atoms with Gasteiger partial charge in [-0.2, -0.15) is 0 Å². The Morgan fingerprint density at radius 2 is 2.04 bits per heavy atom. The summed E-state index contributed by atoms with van der Waals surface area (Å²) in [4.78, 5) is 15.5. The second kappa shape index (κ2) is 7.83. The molecule has 0 aromatic heterocycles. The number of benzene rings is 1. The van der Waals surface area contributed by atoms with Crippen LogP contribution in [0.2, 0.25) is 0 Å². The Hall–Kier alpha value is -1.17. The second-order valence-corrected chi connectivity index (χ2v) is 7.93. The van der Waals surface area contributed by atoms with Crippen LogP contribution in [0.5, 0.6) is 0 Å². The number of nitrogens with zero attached hydrogens (tertiary/aromatic N) is 1. The third kappa shape index (κ3) is 3.49. The Morgan fingerprint density at radius 3 is 2.81 bits per heavy atom. The molecule has 144 valence electrons. The summed E-state index contributed by atoms with van der Waals surface area (Å²) in [5.74, 6) is 0.516. The number of hydrogen-bond acceptors (Lipinski definition) is 3. The van der Waals surface area contributed by atoms with Crippen molar-refractivity contribution in [3.05, 3.63) is 35.6 Å². The Morgan fingerprint density at radius 1 is 1.27 bits per heavy atom. The van der Waals surface area contributed by atoms with Crippen LogP contribution in [-0.2, 0) is 9.53 Å². The molecule has 2 heterocycles. The van der Waals surface area contributed by atoms with Gasteiger partial charge in [0.25, 0.3) is 0 Å². The zero-order valence-electron chi connectivity index (χ0n) is 15.2. The van der Waals surface area contributed by atoms with Gasteiger partial charge in [0.05, 0.1) is 18.1 Å². The van der Waals surface area contributed by atoms with Gasteiger partial charge < -0.3 is 15.0 Å². The molecule has 6 heteroatoms. The Balaban J connectivity index is 0.00000196. The number of ether oxygens (including phenoxy) is 1. The van der Waals surface area contributed by atoms with E-state index in [0.717, 1.165) is 37.9 Å². The normalized spacial score (nSPS) is 34.1. The molecule has 4 atom stereocenters. The minimum atomic E-state index is -0.249. The number of carbonyl (C=O) groups excluding carboxylic acids is 1. The fraction of sp³-hybridized carbons (Fsp3) is 0.650. The van der Waals surface area contributed by atoms with E-state index >= 15 is 0 Å². The molecular formula is C20H28ClFN2O2. The van der Waals surface area contributed by atoms with Gasteiger partial charge in [-0.15, -0.1) is 12.4 Å². The summed E-state index contributed by atoms with van der Waals surface area (Å²) in [5.41, 5.74) is 0.718. The second-order valence-electron chi connectivity index (χ2n) is 7.93. The number of carbonyl (C=O) groups is 1. The fourth-order valence-corrected chi connectivity index (χ4v) is 4.96. The summed E-state index contributed by atoms with van der Waals surface area (Å²) in [5, 5.41) is 3.47. The molecule has 4 nitrogen and oxygen atoms in total. The third-order valence-corrected chi connectivity index (χ3v) is 6.25. The van der Waals surface area contributed by atoms with Gasteiger partial charge in [-0.25, -0.2) is 4.39 Å². The molecule has 3 fully saturated rings. The van der Waals surface area contributed by atoms with Gasteiger partial charge in [-0.3, -0.25) is 4.79 Å². The predicted molar refractivity (Wildman–Crippen MR) is 101 cm³/mol. The summed E-state index contributed by atoms with van der Waals surface area (Å²) in [6, 6.07) is 6.45. The van der Waals surface area contributed by atoms with Gasteiger partial charge in [0.15, 0.2) is 0 Å². The Labute approximate surface area is 160 Å². The van der Waals surface area contributed by atoms with Crippen molar-refractivity contribution in [1.82, 2.24) is 10.2 Å². The molecule has 2 aliphatic heterocycles. The smallest absolute Gasteiger partial charge is 0.230 e. The molecule has 1 amide bonds. The molecule has 3 aliphatic rings. The van der Waals surface area contributed by atoms with Crippen molar-refractivity contribution in [3.63, 3.8) is 0 Å². The minimum Gasteiger partial charge on any atom is -0.367 e. The number of halogens is 2. The number of amides is 1.